The molecule has 1 atom stereocenters. The van der Waals surface area contributed by atoms with Crippen molar-refractivity contribution in [2.75, 3.05) is 19.6 Å². The van der Waals surface area contributed by atoms with Crippen LogP contribution < -0.4 is 11.1 Å². The van der Waals surface area contributed by atoms with Crippen molar-refractivity contribution in [2.24, 2.45) is 5.73 Å². The highest BCUT2D eigenvalue weighted by atomic mass is 16.2. The van der Waals surface area contributed by atoms with Crippen molar-refractivity contribution >= 4 is 5.91 Å². The number of carbonyl (C=O) groups is 1. The van der Waals surface area contributed by atoms with Crippen molar-refractivity contribution in [2.45, 2.75) is 18.9 Å². The molecular formula is C9H17N3O. The van der Waals surface area contributed by atoms with Gasteiger partial charge in [0.15, 0.2) is 0 Å². The fourth-order valence-corrected chi connectivity index (χ4v) is 1.60. The van der Waals surface area contributed by atoms with E-state index in [-0.39, 0.29) is 11.9 Å². The molecule has 4 heteroatoms. The van der Waals surface area contributed by atoms with Gasteiger partial charge in [-0.05, 0) is 19.0 Å². The van der Waals surface area contributed by atoms with Crippen molar-refractivity contribution in [1.29, 1.82) is 0 Å². The Morgan fingerprint density at radius 3 is 3.15 bits per heavy atom. The highest BCUT2D eigenvalue weighted by Crippen LogP contribution is 2.16. The molecule has 1 unspecified atom stereocenters. The minimum absolute atomic E-state index is 0.0240. The molecule has 0 saturated carbocycles. The van der Waals surface area contributed by atoms with E-state index in [0.717, 1.165) is 19.4 Å². The van der Waals surface area contributed by atoms with Crippen molar-refractivity contribution in [1.82, 2.24) is 10.2 Å². The normalized spacial score (nSPS) is 21.6. The van der Waals surface area contributed by atoms with Crippen LogP contribution in [0.2, 0.25) is 0 Å². The summed E-state index contributed by atoms with van der Waals surface area (Å²) in [5.41, 5.74) is 5.29. The Balaban J connectivity index is 2.40. The Bertz CT molecular complexity index is 193. The Kier molecular flexibility index (Phi) is 3.76. The number of hydrogen-bond donors (Lipinski definition) is 2. The molecule has 0 aromatic rings. The van der Waals surface area contributed by atoms with Gasteiger partial charge in [0.05, 0.1) is 0 Å². The van der Waals surface area contributed by atoms with Crippen LogP contribution in [0.15, 0.2) is 12.8 Å². The highest BCUT2D eigenvalue weighted by molar-refractivity contribution is 5.82. The maximum Gasteiger partial charge on any atom is 0.242 e. The third-order valence-corrected chi connectivity index (χ3v) is 2.27. The summed E-state index contributed by atoms with van der Waals surface area (Å²) in [6.45, 7) is 5.66. The number of carbonyl (C=O) groups excluding carboxylic acids is 1. The molecule has 1 aliphatic heterocycles. The lowest BCUT2D eigenvalue weighted by Crippen LogP contribution is -2.42. The number of nitrogens with one attached hydrogen (secondary N) is 1. The Morgan fingerprint density at radius 1 is 1.77 bits per heavy atom. The van der Waals surface area contributed by atoms with Crippen molar-refractivity contribution in [3.8, 4) is 0 Å². The summed E-state index contributed by atoms with van der Waals surface area (Å²) < 4.78 is 0. The highest BCUT2D eigenvalue weighted by Gasteiger charge is 2.27. The molecule has 0 aromatic heterocycles. The monoisotopic (exact) mass is 183 g/mol. The summed E-state index contributed by atoms with van der Waals surface area (Å²) >= 11 is 0. The van der Waals surface area contributed by atoms with E-state index in [2.05, 4.69) is 11.9 Å². The van der Waals surface area contributed by atoms with Crippen LogP contribution >= 0.6 is 0 Å². The van der Waals surface area contributed by atoms with Gasteiger partial charge in [-0.2, -0.15) is 0 Å². The second-order valence-corrected chi connectivity index (χ2v) is 3.16. The first-order chi connectivity index (χ1) is 6.29. The number of nitrogens with zero attached hydrogens (tertiary/aromatic N) is 1. The summed E-state index contributed by atoms with van der Waals surface area (Å²) in [7, 11) is 0. The van der Waals surface area contributed by atoms with Gasteiger partial charge in [0.1, 0.15) is 6.04 Å². The van der Waals surface area contributed by atoms with Crippen LogP contribution in [0, 0.1) is 0 Å². The van der Waals surface area contributed by atoms with Crippen LogP contribution in [0.25, 0.3) is 0 Å². The minimum Gasteiger partial charge on any atom is -0.366 e. The number of nitrogens with two attached hydrogens (primary N) is 1. The molecule has 0 aromatic carbocycles. The summed E-state index contributed by atoms with van der Waals surface area (Å²) in [4.78, 5) is 13.5. The summed E-state index contributed by atoms with van der Waals surface area (Å²) in [6.07, 6.45) is 3.72. The molecule has 1 rings (SSSR count). The van der Waals surface area contributed by atoms with E-state index in [1.165, 1.54) is 0 Å². The molecule has 0 bridgehead atoms. The fraction of sp³-hybridized carbons (Fsp3) is 0.667. The third-order valence-electron chi connectivity index (χ3n) is 2.27. The average Bonchev–Trinajstić information content (AvgIpc) is 2.61. The van der Waals surface area contributed by atoms with Gasteiger partial charge < -0.3 is 16.0 Å². The quantitative estimate of drug-likeness (QED) is 0.627. The topological polar surface area (TPSA) is 58.4 Å². The number of rotatable bonds is 4. The molecule has 1 heterocycles. The van der Waals surface area contributed by atoms with Crippen LogP contribution in [0.4, 0.5) is 0 Å². The molecule has 0 radical (unpaired) electrons. The lowest BCUT2D eigenvalue weighted by molar-refractivity contribution is -0.124. The second kappa shape index (κ2) is 4.87. The molecule has 1 aliphatic rings. The molecule has 1 saturated heterocycles. The zero-order valence-electron chi connectivity index (χ0n) is 7.83. The van der Waals surface area contributed by atoms with Crippen LogP contribution in [-0.2, 0) is 4.79 Å². The maximum absolute atomic E-state index is 11.5. The zero-order valence-corrected chi connectivity index (χ0v) is 7.83. The molecule has 4 nitrogen and oxygen atoms in total. The standard InChI is InChI=1S/C9H17N3O/c1-2-12-7-3-4-8(12)9(13)11-6-5-10/h2,8H,1,3-7,10H2,(H,11,13). The molecular weight excluding hydrogens is 166 g/mol. The lowest BCUT2D eigenvalue weighted by Gasteiger charge is -2.21. The van der Waals surface area contributed by atoms with Crippen LogP contribution in [0.1, 0.15) is 12.8 Å². The molecule has 13 heavy (non-hydrogen) atoms. The van der Waals surface area contributed by atoms with E-state index in [1.54, 1.807) is 6.20 Å². The first kappa shape index (κ1) is 10.1. The minimum atomic E-state index is -0.0240. The molecule has 74 valence electrons. The predicted octanol–water partition coefficient (Wildman–Crippen LogP) is -0.331. The first-order valence-corrected chi connectivity index (χ1v) is 4.65. The lowest BCUT2D eigenvalue weighted by atomic mass is 10.2. The van der Waals surface area contributed by atoms with Crippen molar-refractivity contribution in [3.63, 3.8) is 0 Å². The van der Waals surface area contributed by atoms with Crippen molar-refractivity contribution < 1.29 is 4.79 Å². The number of amides is 1. The first-order valence-electron chi connectivity index (χ1n) is 4.65. The summed E-state index contributed by atoms with van der Waals surface area (Å²) in [5.74, 6) is 0.0721. The van der Waals surface area contributed by atoms with Crippen LogP contribution in [0.5, 0.6) is 0 Å². The van der Waals surface area contributed by atoms with E-state index >= 15 is 0 Å². The van der Waals surface area contributed by atoms with Gasteiger partial charge in [0, 0.05) is 19.6 Å². The third kappa shape index (κ3) is 2.45. The van der Waals surface area contributed by atoms with E-state index in [0.29, 0.717) is 13.1 Å². The molecule has 1 fully saturated rings. The summed E-state index contributed by atoms with van der Waals surface area (Å²) in [6, 6.07) is -0.0240. The number of likely N-dealkylation sites (tertiary alicyclic amines) is 1. The Labute approximate surface area is 78.8 Å². The second-order valence-electron chi connectivity index (χ2n) is 3.16. The molecule has 3 N–H and O–H groups in total. The van der Waals surface area contributed by atoms with Gasteiger partial charge in [0.2, 0.25) is 5.91 Å². The van der Waals surface area contributed by atoms with Crippen LogP contribution in [-0.4, -0.2) is 36.5 Å². The smallest absolute Gasteiger partial charge is 0.242 e. The van der Waals surface area contributed by atoms with Gasteiger partial charge in [0.25, 0.3) is 0 Å². The SMILES string of the molecule is C=CN1CCCC1C(=O)NCCN. The average molecular weight is 183 g/mol. The molecule has 1 amide bonds. The van der Waals surface area contributed by atoms with E-state index in [1.807, 2.05) is 4.90 Å². The predicted molar refractivity (Wildman–Crippen MR) is 52.0 cm³/mol. The van der Waals surface area contributed by atoms with E-state index in [4.69, 9.17) is 5.73 Å². The molecule has 0 spiro atoms. The van der Waals surface area contributed by atoms with E-state index < -0.39 is 0 Å². The van der Waals surface area contributed by atoms with Gasteiger partial charge in [-0.1, -0.05) is 6.58 Å². The number of hydrogen-bond acceptors (Lipinski definition) is 3. The Hall–Kier alpha value is -1.03. The fourth-order valence-electron chi connectivity index (χ4n) is 1.60. The zero-order chi connectivity index (χ0) is 9.68. The van der Waals surface area contributed by atoms with Crippen LogP contribution in [0.3, 0.4) is 0 Å². The maximum atomic E-state index is 11.5. The molecule has 0 aliphatic carbocycles. The van der Waals surface area contributed by atoms with Crippen molar-refractivity contribution in [3.05, 3.63) is 12.8 Å². The van der Waals surface area contributed by atoms with Gasteiger partial charge in [-0.15, -0.1) is 0 Å². The van der Waals surface area contributed by atoms with Gasteiger partial charge in [-0.25, -0.2) is 0 Å². The van der Waals surface area contributed by atoms with E-state index in [9.17, 15) is 4.79 Å². The largest absolute Gasteiger partial charge is 0.366 e. The van der Waals surface area contributed by atoms with Gasteiger partial charge >= 0.3 is 0 Å². The summed E-state index contributed by atoms with van der Waals surface area (Å²) in [5, 5.41) is 2.79. The van der Waals surface area contributed by atoms with Gasteiger partial charge in [-0.3, -0.25) is 4.79 Å². The Morgan fingerprint density at radius 2 is 2.54 bits per heavy atom.